The minimum absolute atomic E-state index is 0.128. The zero-order valence-electron chi connectivity index (χ0n) is 10.2. The summed E-state index contributed by atoms with van der Waals surface area (Å²) in [6.45, 7) is 8.30. The lowest BCUT2D eigenvalue weighted by Crippen LogP contribution is -2.12. The van der Waals surface area contributed by atoms with Gasteiger partial charge in [-0.1, -0.05) is 20.8 Å². The zero-order valence-corrected chi connectivity index (χ0v) is 10.2. The van der Waals surface area contributed by atoms with Gasteiger partial charge >= 0.3 is 0 Å². The summed E-state index contributed by atoms with van der Waals surface area (Å²) >= 11 is 0. The van der Waals surface area contributed by atoms with Crippen molar-refractivity contribution in [2.45, 2.75) is 39.7 Å². The van der Waals surface area contributed by atoms with Crippen LogP contribution >= 0.6 is 0 Å². The molecule has 1 aromatic carbocycles. The number of nitrogens with zero attached hydrogens (tertiary/aromatic N) is 1. The maximum atomic E-state index is 10.1. The molecule has 16 heavy (non-hydrogen) atoms. The predicted octanol–water partition coefficient (Wildman–Crippen LogP) is 2.83. The molecule has 0 unspecified atom stereocenters. The van der Waals surface area contributed by atoms with Gasteiger partial charge in [0, 0.05) is 0 Å². The van der Waals surface area contributed by atoms with Gasteiger partial charge in [0.1, 0.15) is 5.75 Å². The summed E-state index contributed by atoms with van der Waals surface area (Å²) in [4.78, 5) is 13.7. The first-order valence-corrected chi connectivity index (χ1v) is 5.23. The lowest BCUT2D eigenvalue weighted by atomic mass is 9.84. The second-order valence-electron chi connectivity index (χ2n) is 4.95. The Labute approximate surface area is 95.8 Å². The monoisotopic (exact) mass is 219 g/mol. The normalized spacial score (nSPS) is 11.0. The van der Waals surface area contributed by atoms with Crippen LogP contribution in [0.4, 0.5) is 0 Å². The first-order chi connectivity index (χ1) is 7.36. The number of hydrogen-bond acceptors (Lipinski definition) is 3. The Hall–Kier alpha value is -1.60. The minimum atomic E-state index is -0.128. The molecule has 3 heteroatoms. The summed E-state index contributed by atoms with van der Waals surface area (Å²) in [5.74, 6) is 0.295. The molecule has 0 aromatic heterocycles. The standard InChI is InChI=1S/C13H17NO2/c1-9-5-12(16)11(13(2,3)4)6-10(9)7-14-8-15/h5-6,16H,7H2,1-4H3. The molecule has 0 aliphatic rings. The van der Waals surface area contributed by atoms with Crippen LogP contribution in [0, 0.1) is 6.92 Å². The largest absolute Gasteiger partial charge is 0.508 e. The van der Waals surface area contributed by atoms with Gasteiger partial charge in [0.25, 0.3) is 0 Å². The maximum absolute atomic E-state index is 10.1. The summed E-state index contributed by atoms with van der Waals surface area (Å²) in [6, 6.07) is 3.63. The molecule has 0 saturated heterocycles. The molecule has 1 aromatic rings. The van der Waals surface area contributed by atoms with E-state index < -0.39 is 0 Å². The van der Waals surface area contributed by atoms with Gasteiger partial charge in [-0.2, -0.15) is 0 Å². The van der Waals surface area contributed by atoms with Crippen molar-refractivity contribution in [3.05, 3.63) is 28.8 Å². The van der Waals surface area contributed by atoms with Crippen molar-refractivity contribution in [1.29, 1.82) is 0 Å². The molecule has 86 valence electrons. The Morgan fingerprint density at radius 2 is 2.00 bits per heavy atom. The third-order valence-electron chi connectivity index (χ3n) is 2.58. The highest BCUT2D eigenvalue weighted by molar-refractivity contribution is 5.45. The highest BCUT2D eigenvalue weighted by Crippen LogP contribution is 2.32. The fraction of sp³-hybridized carbons (Fsp3) is 0.462. The van der Waals surface area contributed by atoms with E-state index >= 15 is 0 Å². The van der Waals surface area contributed by atoms with Crippen molar-refractivity contribution in [1.82, 2.24) is 0 Å². The molecular weight excluding hydrogens is 202 g/mol. The van der Waals surface area contributed by atoms with Gasteiger partial charge in [0.05, 0.1) is 6.54 Å². The molecule has 1 N–H and O–H groups in total. The molecule has 0 radical (unpaired) electrons. The van der Waals surface area contributed by atoms with E-state index in [-0.39, 0.29) is 5.41 Å². The average Bonchev–Trinajstić information content (AvgIpc) is 2.14. The van der Waals surface area contributed by atoms with Crippen molar-refractivity contribution >= 4 is 6.08 Å². The number of aryl methyl sites for hydroxylation is 1. The van der Waals surface area contributed by atoms with Crippen molar-refractivity contribution in [2.24, 2.45) is 4.99 Å². The number of carbonyl (C=O) groups excluding carboxylic acids is 1. The summed E-state index contributed by atoms with van der Waals surface area (Å²) < 4.78 is 0. The van der Waals surface area contributed by atoms with Crippen LogP contribution < -0.4 is 0 Å². The van der Waals surface area contributed by atoms with Gasteiger partial charge in [0.2, 0.25) is 6.08 Å². The van der Waals surface area contributed by atoms with Crippen LogP contribution in [0.3, 0.4) is 0 Å². The lowest BCUT2D eigenvalue weighted by Gasteiger charge is -2.22. The maximum Gasteiger partial charge on any atom is 0.235 e. The first-order valence-electron chi connectivity index (χ1n) is 5.23. The van der Waals surface area contributed by atoms with Crippen LogP contribution in [0.15, 0.2) is 17.1 Å². The number of phenols is 1. The summed E-state index contributed by atoms with van der Waals surface area (Å²) in [7, 11) is 0. The Bertz CT molecular complexity index is 438. The number of aromatic hydroxyl groups is 1. The third-order valence-corrected chi connectivity index (χ3v) is 2.58. The Kier molecular flexibility index (Phi) is 3.51. The predicted molar refractivity (Wildman–Crippen MR) is 63.4 cm³/mol. The van der Waals surface area contributed by atoms with E-state index in [1.54, 1.807) is 6.07 Å². The Morgan fingerprint density at radius 1 is 1.38 bits per heavy atom. The van der Waals surface area contributed by atoms with Crippen LogP contribution in [-0.4, -0.2) is 11.2 Å². The second kappa shape index (κ2) is 4.50. The first kappa shape index (κ1) is 12.5. The molecule has 3 nitrogen and oxygen atoms in total. The van der Waals surface area contributed by atoms with E-state index in [9.17, 15) is 9.90 Å². The van der Waals surface area contributed by atoms with Gasteiger partial charge in [-0.05, 0) is 41.2 Å². The summed E-state index contributed by atoms with van der Waals surface area (Å²) in [6.07, 6.45) is 1.53. The molecule has 0 fully saturated rings. The molecule has 0 bridgehead atoms. The highest BCUT2D eigenvalue weighted by Gasteiger charge is 2.19. The van der Waals surface area contributed by atoms with Crippen LogP contribution in [-0.2, 0) is 16.8 Å². The fourth-order valence-corrected chi connectivity index (χ4v) is 1.63. The molecule has 0 atom stereocenters. The topological polar surface area (TPSA) is 49.7 Å². The molecule has 0 aliphatic carbocycles. The number of isocyanates is 1. The van der Waals surface area contributed by atoms with Gasteiger partial charge in [-0.3, -0.25) is 0 Å². The van der Waals surface area contributed by atoms with E-state index in [1.165, 1.54) is 6.08 Å². The summed E-state index contributed by atoms with van der Waals surface area (Å²) in [5.41, 5.74) is 2.63. The number of hydrogen-bond donors (Lipinski definition) is 1. The van der Waals surface area contributed by atoms with Crippen molar-refractivity contribution < 1.29 is 9.90 Å². The van der Waals surface area contributed by atoms with E-state index in [0.717, 1.165) is 16.7 Å². The molecular formula is C13H17NO2. The SMILES string of the molecule is Cc1cc(O)c(C(C)(C)C)cc1CN=C=O. The van der Waals surface area contributed by atoms with Crippen LogP contribution in [0.25, 0.3) is 0 Å². The van der Waals surface area contributed by atoms with Crippen LogP contribution in [0.2, 0.25) is 0 Å². The molecule has 0 spiro atoms. The molecule has 0 saturated carbocycles. The van der Waals surface area contributed by atoms with E-state index in [4.69, 9.17) is 0 Å². The van der Waals surface area contributed by atoms with Crippen LogP contribution in [0.1, 0.15) is 37.5 Å². The Balaban J connectivity index is 3.26. The molecule has 0 heterocycles. The zero-order chi connectivity index (χ0) is 12.3. The third kappa shape index (κ3) is 2.71. The highest BCUT2D eigenvalue weighted by atomic mass is 16.3. The smallest absolute Gasteiger partial charge is 0.235 e. The van der Waals surface area contributed by atoms with Crippen molar-refractivity contribution in [3.8, 4) is 5.75 Å². The van der Waals surface area contributed by atoms with E-state index in [1.807, 2.05) is 33.8 Å². The van der Waals surface area contributed by atoms with Gasteiger partial charge in [-0.25, -0.2) is 9.79 Å². The average molecular weight is 219 g/mol. The van der Waals surface area contributed by atoms with Gasteiger partial charge < -0.3 is 5.11 Å². The number of benzene rings is 1. The molecule has 0 aliphatic heterocycles. The fourth-order valence-electron chi connectivity index (χ4n) is 1.63. The molecule has 1 rings (SSSR count). The van der Waals surface area contributed by atoms with E-state index in [2.05, 4.69) is 4.99 Å². The number of phenolic OH excluding ortho intramolecular Hbond substituents is 1. The Morgan fingerprint density at radius 3 is 2.50 bits per heavy atom. The van der Waals surface area contributed by atoms with Crippen LogP contribution in [0.5, 0.6) is 5.75 Å². The summed E-state index contributed by atoms with van der Waals surface area (Å²) in [5, 5.41) is 9.87. The van der Waals surface area contributed by atoms with Gasteiger partial charge in [-0.15, -0.1) is 0 Å². The number of aliphatic imine (C=N–C) groups is 1. The number of rotatable bonds is 2. The second-order valence-corrected chi connectivity index (χ2v) is 4.95. The van der Waals surface area contributed by atoms with Crippen molar-refractivity contribution in [2.75, 3.05) is 0 Å². The quantitative estimate of drug-likeness (QED) is 0.614. The van der Waals surface area contributed by atoms with Crippen molar-refractivity contribution in [3.63, 3.8) is 0 Å². The molecule has 0 amide bonds. The minimum Gasteiger partial charge on any atom is -0.508 e. The van der Waals surface area contributed by atoms with E-state index in [0.29, 0.717) is 12.3 Å². The van der Waals surface area contributed by atoms with Gasteiger partial charge in [0.15, 0.2) is 0 Å². The lowest BCUT2D eigenvalue weighted by molar-refractivity contribution is 0.446.